The summed E-state index contributed by atoms with van der Waals surface area (Å²) in [6.07, 6.45) is -1.15. The predicted octanol–water partition coefficient (Wildman–Crippen LogP) is 0.286. The highest BCUT2D eigenvalue weighted by molar-refractivity contribution is 5.95. The number of aliphatic hydroxyl groups is 2. The van der Waals surface area contributed by atoms with Crippen LogP contribution in [0.5, 0.6) is 0 Å². The van der Waals surface area contributed by atoms with Crippen molar-refractivity contribution in [2.45, 2.75) is 31.6 Å². The third kappa shape index (κ3) is 3.45. The Morgan fingerprint density at radius 3 is 3.00 bits per heavy atom. The molecule has 8 heteroatoms. The Labute approximate surface area is 138 Å². The van der Waals surface area contributed by atoms with Gasteiger partial charge in [0.2, 0.25) is 11.7 Å². The minimum Gasteiger partial charge on any atom is -0.394 e. The van der Waals surface area contributed by atoms with Crippen molar-refractivity contribution >= 4 is 5.91 Å². The number of aryl methyl sites for hydroxylation is 1. The molecule has 1 aromatic carbocycles. The molecule has 0 radical (unpaired) electrons. The lowest BCUT2D eigenvalue weighted by atomic mass is 9.99. The van der Waals surface area contributed by atoms with Gasteiger partial charge in [0.05, 0.1) is 12.6 Å². The first-order valence-corrected chi connectivity index (χ1v) is 7.70. The Kier molecular flexibility index (Phi) is 4.89. The van der Waals surface area contributed by atoms with Crippen molar-refractivity contribution < 1.29 is 24.3 Å². The molecule has 0 unspecified atom stereocenters. The fourth-order valence-corrected chi connectivity index (χ4v) is 2.66. The summed E-state index contributed by atoms with van der Waals surface area (Å²) in [6.45, 7) is 1.77. The highest BCUT2D eigenvalue weighted by Crippen LogP contribution is 2.19. The summed E-state index contributed by atoms with van der Waals surface area (Å²) in [7, 11) is 0. The van der Waals surface area contributed by atoms with E-state index in [1.165, 1.54) is 0 Å². The molecule has 0 saturated carbocycles. The number of aromatic nitrogens is 2. The van der Waals surface area contributed by atoms with Crippen LogP contribution in [0.2, 0.25) is 0 Å². The molecule has 3 rings (SSSR count). The molecule has 1 aromatic heterocycles. The maximum Gasteiger partial charge on any atom is 0.251 e. The lowest BCUT2D eigenvalue weighted by Crippen LogP contribution is -2.54. The normalized spacial score (nSPS) is 23.9. The Bertz CT molecular complexity index is 717. The van der Waals surface area contributed by atoms with Crippen LogP contribution in [0.3, 0.4) is 0 Å². The predicted molar refractivity (Wildman–Crippen MR) is 83.2 cm³/mol. The quantitative estimate of drug-likeness (QED) is 0.736. The molecule has 0 spiro atoms. The van der Waals surface area contributed by atoms with Gasteiger partial charge >= 0.3 is 0 Å². The van der Waals surface area contributed by atoms with Gasteiger partial charge in [0, 0.05) is 24.7 Å². The Morgan fingerprint density at radius 2 is 2.29 bits per heavy atom. The number of aliphatic hydroxyl groups excluding tert-OH is 2. The van der Waals surface area contributed by atoms with E-state index in [1.807, 2.05) is 0 Å². The molecule has 3 N–H and O–H groups in total. The van der Waals surface area contributed by atoms with Crippen LogP contribution >= 0.6 is 0 Å². The number of carbonyl (C=O) groups is 1. The van der Waals surface area contributed by atoms with Crippen LogP contribution < -0.4 is 5.32 Å². The highest BCUT2D eigenvalue weighted by Gasteiger charge is 2.33. The molecule has 0 aliphatic carbocycles. The second-order valence-electron chi connectivity index (χ2n) is 5.67. The van der Waals surface area contributed by atoms with E-state index in [9.17, 15) is 15.0 Å². The number of nitrogens with zero attached hydrogens (tertiary/aromatic N) is 2. The average molecular weight is 333 g/mol. The van der Waals surface area contributed by atoms with Crippen molar-refractivity contribution in [2.24, 2.45) is 0 Å². The van der Waals surface area contributed by atoms with Crippen molar-refractivity contribution in [1.82, 2.24) is 15.5 Å². The van der Waals surface area contributed by atoms with Crippen LogP contribution in [0.15, 0.2) is 28.8 Å². The van der Waals surface area contributed by atoms with Crippen LogP contribution in [-0.4, -0.2) is 57.7 Å². The van der Waals surface area contributed by atoms with E-state index >= 15 is 0 Å². The van der Waals surface area contributed by atoms with Gasteiger partial charge in [-0.3, -0.25) is 4.79 Å². The summed E-state index contributed by atoms with van der Waals surface area (Å²) in [5, 5.41) is 25.9. The zero-order valence-corrected chi connectivity index (χ0v) is 13.2. The van der Waals surface area contributed by atoms with Gasteiger partial charge in [-0.2, -0.15) is 4.98 Å². The smallest absolute Gasteiger partial charge is 0.251 e. The molecule has 24 heavy (non-hydrogen) atoms. The zero-order valence-electron chi connectivity index (χ0n) is 13.2. The van der Waals surface area contributed by atoms with E-state index in [4.69, 9.17) is 9.26 Å². The molecule has 1 amide bonds. The number of hydrogen-bond donors (Lipinski definition) is 3. The summed E-state index contributed by atoms with van der Waals surface area (Å²) in [6, 6.07) is 6.37. The molecule has 2 aromatic rings. The Balaban J connectivity index is 1.73. The molecular formula is C16H19N3O5. The maximum absolute atomic E-state index is 12.5. The van der Waals surface area contributed by atoms with Gasteiger partial charge in [-0.15, -0.1) is 0 Å². The molecule has 1 saturated heterocycles. The number of amides is 1. The van der Waals surface area contributed by atoms with Crippen molar-refractivity contribution in [3.8, 4) is 11.4 Å². The second-order valence-corrected chi connectivity index (χ2v) is 5.67. The molecule has 1 fully saturated rings. The van der Waals surface area contributed by atoms with Gasteiger partial charge in [-0.1, -0.05) is 17.3 Å². The van der Waals surface area contributed by atoms with Crippen molar-refractivity contribution in [2.75, 3.05) is 13.2 Å². The van der Waals surface area contributed by atoms with Gasteiger partial charge in [0.15, 0.2) is 0 Å². The average Bonchev–Trinajstić information content (AvgIpc) is 3.03. The number of benzene rings is 1. The second kappa shape index (κ2) is 7.08. The van der Waals surface area contributed by atoms with Crippen molar-refractivity contribution in [3.05, 3.63) is 35.7 Å². The first-order chi connectivity index (χ1) is 11.6. The minimum atomic E-state index is -0.948. The van der Waals surface area contributed by atoms with E-state index in [1.54, 1.807) is 31.2 Å². The molecular weight excluding hydrogens is 314 g/mol. The van der Waals surface area contributed by atoms with Crippen LogP contribution in [0.4, 0.5) is 0 Å². The molecule has 1 aliphatic heterocycles. The van der Waals surface area contributed by atoms with Crippen LogP contribution in [0.1, 0.15) is 22.7 Å². The van der Waals surface area contributed by atoms with E-state index in [0.29, 0.717) is 35.9 Å². The standard InChI is InChI=1S/C16H19N3O5/c1-9-17-15(19-24-9)10-3-2-4-11(7-10)16(22)18-12-5-6-23-13(8-20)14(12)21/h2-4,7,12-14,20-21H,5-6,8H2,1H3,(H,18,22)/t12-,13+,14-/m0/s1. The minimum absolute atomic E-state index is 0.291. The van der Waals surface area contributed by atoms with Crippen LogP contribution in [0, 0.1) is 6.92 Å². The van der Waals surface area contributed by atoms with Gasteiger partial charge in [-0.25, -0.2) is 0 Å². The number of ether oxygens (including phenoxy) is 1. The van der Waals surface area contributed by atoms with Gasteiger partial charge < -0.3 is 24.8 Å². The van der Waals surface area contributed by atoms with E-state index in [2.05, 4.69) is 15.5 Å². The fourth-order valence-electron chi connectivity index (χ4n) is 2.66. The highest BCUT2D eigenvalue weighted by atomic mass is 16.5. The summed E-state index contributed by atoms with van der Waals surface area (Å²) < 4.78 is 10.2. The lowest BCUT2D eigenvalue weighted by molar-refractivity contribution is -0.107. The first-order valence-electron chi connectivity index (χ1n) is 7.70. The number of carbonyl (C=O) groups excluding carboxylic acids is 1. The SMILES string of the molecule is Cc1nc(-c2cccc(C(=O)N[C@H]3CCO[C@H](CO)[C@H]3O)c2)no1. The monoisotopic (exact) mass is 333 g/mol. The maximum atomic E-state index is 12.5. The first kappa shape index (κ1) is 16.6. The number of rotatable bonds is 4. The van der Waals surface area contributed by atoms with Crippen molar-refractivity contribution in [3.63, 3.8) is 0 Å². The van der Waals surface area contributed by atoms with Crippen LogP contribution in [0.25, 0.3) is 11.4 Å². The number of nitrogens with one attached hydrogen (secondary N) is 1. The summed E-state index contributed by atoms with van der Waals surface area (Å²) in [4.78, 5) is 16.6. The Morgan fingerprint density at radius 1 is 1.46 bits per heavy atom. The topological polar surface area (TPSA) is 118 Å². The summed E-state index contributed by atoms with van der Waals surface area (Å²) >= 11 is 0. The van der Waals surface area contributed by atoms with E-state index in [0.717, 1.165) is 0 Å². The molecule has 1 aliphatic rings. The molecule has 0 bridgehead atoms. The molecule has 128 valence electrons. The van der Waals surface area contributed by atoms with Crippen molar-refractivity contribution in [1.29, 1.82) is 0 Å². The van der Waals surface area contributed by atoms with Crippen LogP contribution in [-0.2, 0) is 4.74 Å². The lowest BCUT2D eigenvalue weighted by Gasteiger charge is -2.34. The fraction of sp³-hybridized carbons (Fsp3) is 0.438. The van der Waals surface area contributed by atoms with Gasteiger partial charge in [0.25, 0.3) is 5.91 Å². The zero-order chi connectivity index (χ0) is 17.1. The molecule has 3 atom stereocenters. The summed E-state index contributed by atoms with van der Waals surface area (Å²) in [5.41, 5.74) is 1.09. The van der Waals surface area contributed by atoms with Gasteiger partial charge in [0.1, 0.15) is 12.2 Å². The molecule has 8 nitrogen and oxygen atoms in total. The number of hydrogen-bond acceptors (Lipinski definition) is 7. The molecule has 2 heterocycles. The third-order valence-electron chi connectivity index (χ3n) is 3.96. The van der Waals surface area contributed by atoms with Gasteiger partial charge in [-0.05, 0) is 18.6 Å². The Hall–Kier alpha value is -2.29. The summed E-state index contributed by atoms with van der Waals surface area (Å²) in [5.74, 6) is 0.536. The largest absolute Gasteiger partial charge is 0.394 e. The van der Waals surface area contributed by atoms with E-state index < -0.39 is 18.2 Å². The third-order valence-corrected chi connectivity index (χ3v) is 3.96. The van der Waals surface area contributed by atoms with E-state index in [-0.39, 0.29) is 12.5 Å².